The molecule has 0 aromatic carbocycles. The Morgan fingerprint density at radius 3 is 2.94 bits per heavy atom. The molecule has 0 amide bonds. The molecule has 0 saturated carbocycles. The fraction of sp³-hybridized carbons (Fsp3) is 0.909. The molecule has 2 heterocycles. The van der Waals surface area contributed by atoms with Crippen molar-refractivity contribution < 1.29 is 0 Å². The number of piperazine rings is 1. The first kappa shape index (κ1) is 12.2. The van der Waals surface area contributed by atoms with E-state index in [1.54, 1.807) is 0 Å². The van der Waals surface area contributed by atoms with Gasteiger partial charge < -0.3 is 10.2 Å². The number of amidine groups is 1. The van der Waals surface area contributed by atoms with E-state index >= 15 is 0 Å². The summed E-state index contributed by atoms with van der Waals surface area (Å²) in [6, 6.07) is 1.15. The van der Waals surface area contributed by atoms with E-state index in [-0.39, 0.29) is 0 Å². The third-order valence-electron chi connectivity index (χ3n) is 3.27. The number of hydrogen-bond donors (Lipinski definition) is 1. The average molecular weight is 242 g/mol. The van der Waals surface area contributed by atoms with Gasteiger partial charge in [0.25, 0.3) is 0 Å². The van der Waals surface area contributed by atoms with Crippen LogP contribution in [0.1, 0.15) is 6.92 Å². The predicted molar refractivity (Wildman–Crippen MR) is 71.3 cm³/mol. The summed E-state index contributed by atoms with van der Waals surface area (Å²) >= 11 is 1.85. The molecule has 92 valence electrons. The largest absolute Gasteiger partial charge is 0.362 e. The highest BCUT2D eigenvalue weighted by Crippen LogP contribution is 2.14. The molecule has 2 aliphatic heterocycles. The highest BCUT2D eigenvalue weighted by Gasteiger charge is 2.22. The van der Waals surface area contributed by atoms with Gasteiger partial charge in [-0.3, -0.25) is 9.89 Å². The number of nitrogens with zero attached hydrogens (tertiary/aromatic N) is 3. The minimum absolute atomic E-state index is 0.574. The maximum Gasteiger partial charge on any atom is 0.156 e. The zero-order valence-electron chi connectivity index (χ0n) is 10.4. The molecular weight excluding hydrogens is 220 g/mol. The molecule has 5 heteroatoms. The number of likely N-dealkylation sites (N-methyl/N-ethyl adjacent to an activating group) is 2. The molecule has 2 fully saturated rings. The number of rotatable bonds is 2. The van der Waals surface area contributed by atoms with Crippen molar-refractivity contribution in [3.05, 3.63) is 0 Å². The summed E-state index contributed by atoms with van der Waals surface area (Å²) in [5.41, 5.74) is 0. The summed E-state index contributed by atoms with van der Waals surface area (Å²) in [5.74, 6) is 1.15. The fourth-order valence-corrected chi connectivity index (χ4v) is 3.02. The molecule has 0 aromatic heterocycles. The van der Waals surface area contributed by atoms with E-state index in [1.807, 2.05) is 11.8 Å². The van der Waals surface area contributed by atoms with Crippen molar-refractivity contribution in [2.45, 2.75) is 19.0 Å². The van der Waals surface area contributed by atoms with Gasteiger partial charge >= 0.3 is 0 Å². The lowest BCUT2D eigenvalue weighted by Crippen LogP contribution is -2.51. The lowest BCUT2D eigenvalue weighted by atomic mass is 10.2. The molecule has 0 aliphatic carbocycles. The Kier molecular flexibility index (Phi) is 4.10. The van der Waals surface area contributed by atoms with E-state index in [0.717, 1.165) is 30.6 Å². The highest BCUT2D eigenvalue weighted by atomic mass is 32.2. The van der Waals surface area contributed by atoms with Gasteiger partial charge in [-0.15, -0.1) is 0 Å². The Morgan fingerprint density at radius 2 is 2.25 bits per heavy atom. The third-order valence-corrected chi connectivity index (χ3v) is 4.45. The van der Waals surface area contributed by atoms with Crippen LogP contribution in [0.5, 0.6) is 0 Å². The van der Waals surface area contributed by atoms with E-state index in [4.69, 9.17) is 0 Å². The van der Waals surface area contributed by atoms with Crippen molar-refractivity contribution in [2.24, 2.45) is 4.99 Å². The highest BCUT2D eigenvalue weighted by molar-refractivity contribution is 8.14. The second-order valence-electron chi connectivity index (χ2n) is 4.90. The Bertz CT molecular complexity index is 269. The minimum Gasteiger partial charge on any atom is -0.362 e. The van der Waals surface area contributed by atoms with Crippen molar-refractivity contribution in [3.63, 3.8) is 0 Å². The van der Waals surface area contributed by atoms with Crippen LogP contribution >= 0.6 is 11.8 Å². The molecule has 2 saturated heterocycles. The Hall–Kier alpha value is -0.260. The molecule has 0 bridgehead atoms. The molecule has 16 heavy (non-hydrogen) atoms. The lowest BCUT2D eigenvalue weighted by Gasteiger charge is -2.36. The summed E-state index contributed by atoms with van der Waals surface area (Å²) < 4.78 is 0. The summed E-state index contributed by atoms with van der Waals surface area (Å²) in [4.78, 5) is 9.50. The number of thioether (sulfide) groups is 1. The van der Waals surface area contributed by atoms with Crippen LogP contribution in [0.25, 0.3) is 0 Å². The first-order valence-corrected chi connectivity index (χ1v) is 6.96. The van der Waals surface area contributed by atoms with Gasteiger partial charge in [-0.25, -0.2) is 0 Å². The Labute approximate surface area is 102 Å². The van der Waals surface area contributed by atoms with Gasteiger partial charge in [-0.1, -0.05) is 11.8 Å². The third kappa shape index (κ3) is 3.12. The van der Waals surface area contributed by atoms with E-state index in [0.29, 0.717) is 12.1 Å². The lowest BCUT2D eigenvalue weighted by molar-refractivity contribution is 0.119. The van der Waals surface area contributed by atoms with Gasteiger partial charge in [0.2, 0.25) is 0 Å². The van der Waals surface area contributed by atoms with Gasteiger partial charge in [-0.2, -0.15) is 0 Å². The van der Waals surface area contributed by atoms with Crippen LogP contribution in [0.2, 0.25) is 0 Å². The summed E-state index contributed by atoms with van der Waals surface area (Å²) in [5, 5.41) is 4.53. The second kappa shape index (κ2) is 5.38. The first-order valence-electron chi connectivity index (χ1n) is 5.97. The van der Waals surface area contributed by atoms with Crippen molar-refractivity contribution in [1.82, 2.24) is 15.1 Å². The smallest absolute Gasteiger partial charge is 0.156 e. The fourth-order valence-electron chi connectivity index (χ4n) is 2.08. The quantitative estimate of drug-likeness (QED) is 0.755. The van der Waals surface area contributed by atoms with Crippen LogP contribution in [-0.4, -0.2) is 73.1 Å². The molecule has 2 atom stereocenters. The molecule has 2 rings (SSSR count). The van der Waals surface area contributed by atoms with Crippen LogP contribution in [0.15, 0.2) is 4.99 Å². The van der Waals surface area contributed by atoms with Gasteiger partial charge in [0.15, 0.2) is 5.17 Å². The maximum atomic E-state index is 4.68. The van der Waals surface area contributed by atoms with Crippen LogP contribution in [-0.2, 0) is 0 Å². The monoisotopic (exact) mass is 242 g/mol. The van der Waals surface area contributed by atoms with Crippen LogP contribution in [0.4, 0.5) is 0 Å². The predicted octanol–water partition coefficient (Wildman–Crippen LogP) is 0.313. The van der Waals surface area contributed by atoms with Crippen LogP contribution in [0.3, 0.4) is 0 Å². The molecule has 2 aliphatic rings. The second-order valence-corrected chi connectivity index (χ2v) is 5.91. The Morgan fingerprint density at radius 1 is 1.44 bits per heavy atom. The topological polar surface area (TPSA) is 30.9 Å². The van der Waals surface area contributed by atoms with Gasteiger partial charge in [0.1, 0.15) is 0 Å². The number of nitrogens with one attached hydrogen (secondary N) is 1. The van der Waals surface area contributed by atoms with E-state index in [1.165, 1.54) is 6.54 Å². The van der Waals surface area contributed by atoms with E-state index in [2.05, 4.69) is 41.1 Å². The summed E-state index contributed by atoms with van der Waals surface area (Å²) in [7, 11) is 4.40. The molecule has 0 aromatic rings. The molecule has 0 radical (unpaired) electrons. The SMILES string of the molecule is CC1CSC(=NCC2CN(C)CCN2C)N1. The first-order chi connectivity index (χ1) is 7.65. The molecule has 0 spiro atoms. The van der Waals surface area contributed by atoms with Gasteiger partial charge in [-0.05, 0) is 21.0 Å². The summed E-state index contributed by atoms with van der Waals surface area (Å²) in [6.45, 7) is 6.59. The van der Waals surface area contributed by atoms with E-state index < -0.39 is 0 Å². The van der Waals surface area contributed by atoms with Crippen molar-refractivity contribution in [3.8, 4) is 0 Å². The van der Waals surface area contributed by atoms with Crippen molar-refractivity contribution >= 4 is 16.9 Å². The summed E-state index contributed by atoms with van der Waals surface area (Å²) in [6.07, 6.45) is 0. The molecular formula is C11H22N4S. The zero-order chi connectivity index (χ0) is 11.5. The molecule has 2 unspecified atom stereocenters. The maximum absolute atomic E-state index is 4.68. The number of hydrogen-bond acceptors (Lipinski definition) is 4. The number of aliphatic imine (C=N–C) groups is 1. The zero-order valence-corrected chi connectivity index (χ0v) is 11.3. The minimum atomic E-state index is 0.574. The normalized spacial score (nSPS) is 35.6. The van der Waals surface area contributed by atoms with Gasteiger partial charge in [0.05, 0.1) is 6.54 Å². The Balaban J connectivity index is 1.84. The molecule has 4 nitrogen and oxygen atoms in total. The van der Waals surface area contributed by atoms with E-state index in [9.17, 15) is 0 Å². The van der Waals surface area contributed by atoms with Gasteiger partial charge in [0, 0.05) is 37.5 Å². The van der Waals surface area contributed by atoms with Crippen LogP contribution < -0.4 is 5.32 Å². The van der Waals surface area contributed by atoms with Crippen LogP contribution in [0, 0.1) is 0 Å². The van der Waals surface area contributed by atoms with Crippen molar-refractivity contribution in [1.29, 1.82) is 0 Å². The molecule has 1 N–H and O–H groups in total. The van der Waals surface area contributed by atoms with Crippen molar-refractivity contribution in [2.75, 3.05) is 46.0 Å². The standard InChI is InChI=1S/C11H22N4S/c1-9-8-16-11(13-9)12-6-10-7-14(2)4-5-15(10)3/h9-10H,4-8H2,1-3H3,(H,12,13). The average Bonchev–Trinajstić information content (AvgIpc) is 2.66.